The van der Waals surface area contributed by atoms with Crippen LogP contribution in [0.4, 0.5) is 11.4 Å². The molecule has 30 heavy (non-hydrogen) atoms. The van der Waals surface area contributed by atoms with Crippen LogP contribution in [0.2, 0.25) is 5.02 Å². The van der Waals surface area contributed by atoms with Crippen LogP contribution in [0.1, 0.15) is 5.56 Å². The monoisotopic (exact) mass is 444 g/mol. The number of benzene rings is 3. The number of ether oxygens (including phenoxy) is 1. The van der Waals surface area contributed by atoms with Crippen molar-refractivity contribution in [3.63, 3.8) is 0 Å². The van der Waals surface area contributed by atoms with Crippen molar-refractivity contribution in [3.8, 4) is 5.75 Å². The summed E-state index contributed by atoms with van der Waals surface area (Å²) in [5, 5.41) is 0.476. The van der Waals surface area contributed by atoms with Crippen molar-refractivity contribution in [2.75, 3.05) is 23.3 Å². The average Bonchev–Trinajstić information content (AvgIpc) is 2.75. The minimum atomic E-state index is -3.78. The molecule has 0 aromatic heterocycles. The van der Waals surface area contributed by atoms with Gasteiger partial charge in [-0.25, -0.2) is 8.42 Å². The molecule has 0 aliphatic heterocycles. The van der Waals surface area contributed by atoms with E-state index < -0.39 is 10.0 Å². The van der Waals surface area contributed by atoms with Crippen LogP contribution in [-0.4, -0.2) is 28.0 Å². The molecule has 1 N–H and O–H groups in total. The summed E-state index contributed by atoms with van der Waals surface area (Å²) in [5.74, 6) is 0.165. The largest absolute Gasteiger partial charge is 0.484 e. The fourth-order valence-corrected chi connectivity index (χ4v) is 3.85. The molecule has 0 aliphatic rings. The Bertz CT molecular complexity index is 1130. The highest BCUT2D eigenvalue weighted by Gasteiger charge is 2.16. The van der Waals surface area contributed by atoms with Crippen LogP contribution >= 0.6 is 11.6 Å². The van der Waals surface area contributed by atoms with E-state index in [0.29, 0.717) is 16.5 Å². The van der Waals surface area contributed by atoms with Crippen molar-refractivity contribution in [3.05, 3.63) is 83.4 Å². The van der Waals surface area contributed by atoms with Gasteiger partial charge in [0, 0.05) is 17.8 Å². The van der Waals surface area contributed by atoms with Crippen LogP contribution < -0.4 is 14.4 Å². The number of likely N-dealkylation sites (N-methyl/N-ethyl adjacent to an activating group) is 1. The Kier molecular flexibility index (Phi) is 6.64. The van der Waals surface area contributed by atoms with Gasteiger partial charge in [0.05, 0.1) is 10.6 Å². The number of amides is 1. The number of nitrogens with zero attached hydrogens (tertiary/aromatic N) is 1. The van der Waals surface area contributed by atoms with Crippen molar-refractivity contribution in [1.82, 2.24) is 0 Å². The minimum Gasteiger partial charge on any atom is -0.484 e. The van der Waals surface area contributed by atoms with Crippen molar-refractivity contribution >= 4 is 38.9 Å². The van der Waals surface area contributed by atoms with Gasteiger partial charge in [-0.2, -0.15) is 0 Å². The van der Waals surface area contributed by atoms with E-state index in [1.165, 1.54) is 29.2 Å². The van der Waals surface area contributed by atoms with Gasteiger partial charge in [-0.15, -0.1) is 0 Å². The normalized spacial score (nSPS) is 11.0. The highest BCUT2D eigenvalue weighted by Crippen LogP contribution is 2.23. The third kappa shape index (κ3) is 5.31. The van der Waals surface area contributed by atoms with Crippen molar-refractivity contribution in [2.45, 2.75) is 11.8 Å². The van der Waals surface area contributed by atoms with E-state index >= 15 is 0 Å². The number of nitrogens with one attached hydrogen (secondary N) is 1. The molecule has 3 aromatic rings. The first-order valence-corrected chi connectivity index (χ1v) is 11.0. The van der Waals surface area contributed by atoms with Crippen molar-refractivity contribution in [1.29, 1.82) is 0 Å². The predicted molar refractivity (Wildman–Crippen MR) is 119 cm³/mol. The zero-order valence-electron chi connectivity index (χ0n) is 16.5. The second-order valence-electron chi connectivity index (χ2n) is 6.62. The fraction of sp³-hybridized carbons (Fsp3) is 0.136. The lowest BCUT2D eigenvalue weighted by Gasteiger charge is -2.17. The number of carbonyl (C=O) groups excluding carboxylic acids is 1. The number of para-hydroxylation sites is 1. The maximum atomic E-state index is 12.6. The van der Waals surface area contributed by atoms with Gasteiger partial charge in [0.1, 0.15) is 5.75 Å². The maximum absolute atomic E-state index is 12.6. The predicted octanol–water partition coefficient (Wildman–Crippen LogP) is 4.49. The molecule has 0 saturated carbocycles. The molecule has 0 spiro atoms. The molecule has 6 nitrogen and oxygen atoms in total. The van der Waals surface area contributed by atoms with Gasteiger partial charge in [0.15, 0.2) is 6.61 Å². The first-order chi connectivity index (χ1) is 14.3. The Morgan fingerprint density at radius 2 is 1.70 bits per heavy atom. The first kappa shape index (κ1) is 21.7. The molecule has 0 bridgehead atoms. The number of aryl methyl sites for hydroxylation is 1. The molecule has 8 heteroatoms. The number of carbonyl (C=O) groups is 1. The Labute approximate surface area is 181 Å². The van der Waals surface area contributed by atoms with E-state index in [1.54, 1.807) is 25.2 Å². The lowest BCUT2D eigenvalue weighted by Crippen LogP contribution is -2.31. The topological polar surface area (TPSA) is 75.7 Å². The fourth-order valence-electron chi connectivity index (χ4n) is 2.62. The van der Waals surface area contributed by atoms with Crippen LogP contribution in [0.3, 0.4) is 0 Å². The van der Waals surface area contributed by atoms with E-state index in [0.717, 1.165) is 11.3 Å². The zero-order valence-corrected chi connectivity index (χ0v) is 18.1. The summed E-state index contributed by atoms with van der Waals surface area (Å²) in [6, 6.07) is 20.0. The van der Waals surface area contributed by atoms with Gasteiger partial charge >= 0.3 is 0 Å². The molecule has 3 rings (SSSR count). The van der Waals surface area contributed by atoms with E-state index in [2.05, 4.69) is 4.72 Å². The van der Waals surface area contributed by atoms with E-state index in [-0.39, 0.29) is 17.4 Å². The molecule has 0 aliphatic carbocycles. The quantitative estimate of drug-likeness (QED) is 0.582. The van der Waals surface area contributed by atoms with Crippen LogP contribution in [-0.2, 0) is 14.8 Å². The average molecular weight is 445 g/mol. The number of hydrogen-bond acceptors (Lipinski definition) is 4. The van der Waals surface area contributed by atoms with Crippen LogP contribution in [0.5, 0.6) is 5.75 Å². The van der Waals surface area contributed by atoms with Gasteiger partial charge in [0.2, 0.25) is 0 Å². The molecular weight excluding hydrogens is 424 g/mol. The third-order valence-corrected chi connectivity index (χ3v) is 6.24. The Balaban J connectivity index is 1.62. The summed E-state index contributed by atoms with van der Waals surface area (Å²) in [5.41, 5.74) is 1.99. The summed E-state index contributed by atoms with van der Waals surface area (Å²) < 4.78 is 33.1. The molecule has 156 valence electrons. The molecule has 1 amide bonds. The maximum Gasteiger partial charge on any atom is 0.264 e. The van der Waals surface area contributed by atoms with Crippen molar-refractivity contribution < 1.29 is 17.9 Å². The number of rotatable bonds is 7. The van der Waals surface area contributed by atoms with Gasteiger partial charge in [-0.1, -0.05) is 35.9 Å². The van der Waals surface area contributed by atoms with Crippen LogP contribution in [0, 0.1) is 6.92 Å². The van der Waals surface area contributed by atoms with E-state index in [9.17, 15) is 13.2 Å². The molecule has 0 unspecified atom stereocenters. The SMILES string of the molecule is Cc1ccc(NS(=O)(=O)c2ccc(OCC(=O)N(C)c3ccccc3)cc2)cc1Cl. The van der Waals surface area contributed by atoms with Crippen LogP contribution in [0.25, 0.3) is 0 Å². The number of hydrogen-bond donors (Lipinski definition) is 1. The molecule has 0 atom stereocenters. The van der Waals surface area contributed by atoms with E-state index in [4.69, 9.17) is 16.3 Å². The highest BCUT2D eigenvalue weighted by atomic mass is 35.5. The van der Waals surface area contributed by atoms with Gasteiger partial charge in [-0.05, 0) is 61.0 Å². The zero-order chi connectivity index (χ0) is 21.7. The highest BCUT2D eigenvalue weighted by molar-refractivity contribution is 7.92. The second kappa shape index (κ2) is 9.19. The number of anilines is 2. The molecule has 0 heterocycles. The molecule has 3 aromatic carbocycles. The second-order valence-corrected chi connectivity index (χ2v) is 8.71. The standard InChI is InChI=1S/C22H21ClN2O4S/c1-16-8-9-17(14-21(16)23)24-30(27,28)20-12-10-19(11-13-20)29-15-22(26)25(2)18-6-4-3-5-7-18/h3-14,24H,15H2,1-2H3. The number of sulfonamides is 1. The first-order valence-electron chi connectivity index (χ1n) is 9.10. The number of halogens is 1. The van der Waals surface area contributed by atoms with Gasteiger partial charge in [0.25, 0.3) is 15.9 Å². The molecule has 0 saturated heterocycles. The summed E-state index contributed by atoms with van der Waals surface area (Å²) in [6.07, 6.45) is 0. The molecule has 0 radical (unpaired) electrons. The van der Waals surface area contributed by atoms with E-state index in [1.807, 2.05) is 37.3 Å². The summed E-state index contributed by atoms with van der Waals surface area (Å²) >= 11 is 6.05. The summed E-state index contributed by atoms with van der Waals surface area (Å²) in [6.45, 7) is 1.67. The Hall–Kier alpha value is -3.03. The minimum absolute atomic E-state index is 0.0688. The summed E-state index contributed by atoms with van der Waals surface area (Å²) in [7, 11) is -2.11. The Morgan fingerprint density at radius 3 is 2.33 bits per heavy atom. The van der Waals surface area contributed by atoms with Crippen molar-refractivity contribution in [2.24, 2.45) is 0 Å². The Morgan fingerprint density at radius 1 is 1.03 bits per heavy atom. The smallest absolute Gasteiger partial charge is 0.264 e. The van der Waals surface area contributed by atoms with Crippen LogP contribution in [0.15, 0.2) is 77.7 Å². The van der Waals surface area contributed by atoms with Gasteiger partial charge in [-0.3, -0.25) is 9.52 Å². The van der Waals surface area contributed by atoms with Gasteiger partial charge < -0.3 is 9.64 Å². The lowest BCUT2D eigenvalue weighted by molar-refractivity contribution is -0.120. The molecular formula is C22H21ClN2O4S. The lowest BCUT2D eigenvalue weighted by atomic mass is 10.2. The summed E-state index contributed by atoms with van der Waals surface area (Å²) in [4.78, 5) is 13.8. The molecule has 0 fully saturated rings. The third-order valence-electron chi connectivity index (χ3n) is 4.44.